The third kappa shape index (κ3) is 6.46. The number of carbonyl (C=O) groups excluding carboxylic acids is 1. The Morgan fingerprint density at radius 1 is 1.10 bits per heavy atom. The molecule has 1 amide bonds. The van der Waals surface area contributed by atoms with Gasteiger partial charge in [-0.05, 0) is 74.4 Å². The van der Waals surface area contributed by atoms with Gasteiger partial charge in [0.2, 0.25) is 0 Å². The van der Waals surface area contributed by atoms with Crippen LogP contribution in [0, 0.1) is 11.8 Å². The number of rotatable bonds is 9. The first-order valence-corrected chi connectivity index (χ1v) is 14.9. The second-order valence-corrected chi connectivity index (χ2v) is 12.4. The molecule has 39 heavy (non-hydrogen) atoms. The summed E-state index contributed by atoms with van der Waals surface area (Å²) < 4.78 is 65.3. The third-order valence-corrected chi connectivity index (χ3v) is 9.45. The summed E-state index contributed by atoms with van der Waals surface area (Å²) in [6.07, 6.45) is -2.23. The minimum absolute atomic E-state index is 0.0241. The van der Waals surface area contributed by atoms with Crippen LogP contribution in [0.15, 0.2) is 47.4 Å². The molecule has 1 fully saturated rings. The summed E-state index contributed by atoms with van der Waals surface area (Å²) in [6.45, 7) is 3.81. The van der Waals surface area contributed by atoms with Crippen molar-refractivity contribution in [2.75, 3.05) is 12.4 Å². The van der Waals surface area contributed by atoms with Crippen LogP contribution in [0.25, 0.3) is 11.0 Å². The summed E-state index contributed by atoms with van der Waals surface area (Å²) in [5.74, 6) is -0.721. The van der Waals surface area contributed by atoms with Crippen LogP contribution in [0.5, 0.6) is 0 Å². The number of amides is 1. The Morgan fingerprint density at radius 2 is 1.77 bits per heavy atom. The zero-order valence-corrected chi connectivity index (χ0v) is 22.9. The van der Waals surface area contributed by atoms with Crippen LogP contribution >= 0.6 is 0 Å². The summed E-state index contributed by atoms with van der Waals surface area (Å²) in [5, 5.41) is 12.7. The van der Waals surface area contributed by atoms with Gasteiger partial charge in [0.15, 0.2) is 9.84 Å². The van der Waals surface area contributed by atoms with E-state index in [2.05, 4.69) is 5.32 Å². The van der Waals surface area contributed by atoms with Crippen molar-refractivity contribution >= 4 is 26.8 Å². The Kier molecular flexibility index (Phi) is 8.70. The maximum atomic E-state index is 13.0. The molecule has 1 aliphatic rings. The largest absolute Gasteiger partial charge is 0.394 e. The highest BCUT2D eigenvalue weighted by molar-refractivity contribution is 7.91. The molecular weight excluding hydrogens is 531 g/mol. The van der Waals surface area contributed by atoms with Gasteiger partial charge in [0.05, 0.1) is 40.2 Å². The molecule has 1 aliphatic carbocycles. The van der Waals surface area contributed by atoms with Crippen molar-refractivity contribution in [1.82, 2.24) is 14.9 Å². The summed E-state index contributed by atoms with van der Waals surface area (Å²) in [6, 6.07) is 10.5. The Labute approximate surface area is 226 Å². The van der Waals surface area contributed by atoms with E-state index in [1.807, 2.05) is 17.6 Å². The van der Waals surface area contributed by atoms with Crippen molar-refractivity contribution in [3.05, 3.63) is 59.4 Å². The molecule has 0 aliphatic heterocycles. The molecule has 4 rings (SSSR count). The monoisotopic (exact) mass is 565 g/mol. The quantitative estimate of drug-likeness (QED) is 0.370. The lowest BCUT2D eigenvalue weighted by molar-refractivity contribution is -0.183. The number of imidazole rings is 1. The summed E-state index contributed by atoms with van der Waals surface area (Å²) in [4.78, 5) is 18.0. The van der Waals surface area contributed by atoms with Crippen molar-refractivity contribution in [1.29, 1.82) is 0 Å². The molecule has 2 N–H and O–H groups in total. The van der Waals surface area contributed by atoms with E-state index >= 15 is 0 Å². The standard InChI is InChI=1S/C28H34F3N3O4S/c1-3-34-25-14-9-20(16-23(25)32-26(34)15-18-5-10-21(11-6-18)28(29,30)31)27(36)33-24(17-35)19-7-12-22(13-8-19)39(37,38)4-2/h7-9,12-14,16,18,21,24,35H,3-6,10-11,15,17H2,1-2H3,(H,33,36)/t18?,21?,24-/m0/s1. The molecule has 0 radical (unpaired) electrons. The van der Waals surface area contributed by atoms with E-state index in [0.717, 1.165) is 11.3 Å². The smallest absolute Gasteiger partial charge is 0.391 e. The number of alkyl halides is 3. The van der Waals surface area contributed by atoms with Gasteiger partial charge in [0.25, 0.3) is 5.91 Å². The molecular formula is C28H34F3N3O4S. The maximum Gasteiger partial charge on any atom is 0.391 e. The van der Waals surface area contributed by atoms with Crippen LogP contribution < -0.4 is 5.32 Å². The Morgan fingerprint density at radius 3 is 2.33 bits per heavy atom. The number of carbonyl (C=O) groups is 1. The fourth-order valence-corrected chi connectivity index (χ4v) is 6.22. The van der Waals surface area contributed by atoms with Crippen molar-refractivity contribution in [2.45, 2.75) is 69.6 Å². The number of sulfone groups is 1. The predicted molar refractivity (Wildman–Crippen MR) is 142 cm³/mol. The normalized spacial score (nSPS) is 19.2. The van der Waals surface area contributed by atoms with Gasteiger partial charge in [-0.25, -0.2) is 13.4 Å². The first-order valence-electron chi connectivity index (χ1n) is 13.3. The Balaban J connectivity index is 1.48. The minimum atomic E-state index is -4.13. The predicted octanol–water partition coefficient (Wildman–Crippen LogP) is 5.22. The second-order valence-electron chi connectivity index (χ2n) is 10.1. The Hall–Kier alpha value is -2.92. The van der Waals surface area contributed by atoms with Crippen molar-refractivity contribution < 1.29 is 31.5 Å². The zero-order chi connectivity index (χ0) is 28.4. The zero-order valence-electron chi connectivity index (χ0n) is 22.0. The fraction of sp³-hybridized carbons (Fsp3) is 0.500. The van der Waals surface area contributed by atoms with E-state index in [9.17, 15) is 31.5 Å². The molecule has 0 spiro atoms. The van der Waals surface area contributed by atoms with Gasteiger partial charge >= 0.3 is 6.18 Å². The van der Waals surface area contributed by atoms with Gasteiger partial charge in [-0.15, -0.1) is 0 Å². The van der Waals surface area contributed by atoms with Crippen molar-refractivity contribution in [2.24, 2.45) is 11.8 Å². The lowest BCUT2D eigenvalue weighted by Crippen LogP contribution is -2.30. The molecule has 1 aromatic heterocycles. The number of aliphatic hydroxyl groups excluding tert-OH is 1. The number of hydrogen-bond acceptors (Lipinski definition) is 5. The van der Waals surface area contributed by atoms with E-state index in [-0.39, 0.29) is 36.0 Å². The summed E-state index contributed by atoms with van der Waals surface area (Å²) in [7, 11) is -3.36. The van der Waals surface area contributed by atoms with Gasteiger partial charge in [0, 0.05) is 18.5 Å². The summed E-state index contributed by atoms with van der Waals surface area (Å²) >= 11 is 0. The first kappa shape index (κ1) is 29.1. The van der Waals surface area contributed by atoms with Crippen LogP contribution in [0.2, 0.25) is 0 Å². The lowest BCUT2D eigenvalue weighted by atomic mass is 9.80. The first-order chi connectivity index (χ1) is 18.5. The molecule has 0 unspecified atom stereocenters. The highest BCUT2D eigenvalue weighted by atomic mass is 32.2. The van der Waals surface area contributed by atoms with Gasteiger partial charge in [0.1, 0.15) is 5.82 Å². The number of aryl methyl sites for hydroxylation is 1. The number of aliphatic hydroxyl groups is 1. The average molecular weight is 566 g/mol. The number of nitrogens with zero attached hydrogens (tertiary/aromatic N) is 2. The molecule has 2 aromatic carbocycles. The van der Waals surface area contributed by atoms with Crippen LogP contribution in [0.3, 0.4) is 0 Å². The molecule has 3 aromatic rings. The van der Waals surface area contributed by atoms with Crippen molar-refractivity contribution in [3.8, 4) is 0 Å². The molecule has 1 heterocycles. The van der Waals surface area contributed by atoms with E-state index in [0.29, 0.717) is 42.5 Å². The highest BCUT2D eigenvalue weighted by Crippen LogP contribution is 2.40. The van der Waals surface area contributed by atoms with Gasteiger partial charge in [-0.1, -0.05) is 19.1 Å². The molecule has 0 saturated heterocycles. The highest BCUT2D eigenvalue weighted by Gasteiger charge is 2.41. The van der Waals surface area contributed by atoms with Crippen LogP contribution in [0.1, 0.15) is 67.3 Å². The van der Waals surface area contributed by atoms with E-state index in [1.165, 1.54) is 12.1 Å². The Bertz CT molecular complexity index is 1410. The van der Waals surface area contributed by atoms with Crippen molar-refractivity contribution in [3.63, 3.8) is 0 Å². The van der Waals surface area contributed by atoms with Gasteiger partial charge < -0.3 is 15.0 Å². The topological polar surface area (TPSA) is 101 Å². The minimum Gasteiger partial charge on any atom is -0.394 e. The molecule has 11 heteroatoms. The van der Waals surface area contributed by atoms with Gasteiger partial charge in [-0.3, -0.25) is 4.79 Å². The number of fused-ring (bicyclic) bond motifs is 1. The molecule has 212 valence electrons. The van der Waals surface area contributed by atoms with Gasteiger partial charge in [-0.2, -0.15) is 13.2 Å². The lowest BCUT2D eigenvalue weighted by Gasteiger charge is -2.29. The van der Waals surface area contributed by atoms with Crippen LogP contribution in [-0.2, 0) is 22.8 Å². The number of aromatic nitrogens is 2. The number of halogens is 3. The summed E-state index contributed by atoms with van der Waals surface area (Å²) in [5.41, 5.74) is 2.39. The maximum absolute atomic E-state index is 13.0. The van der Waals surface area contributed by atoms with Crippen LogP contribution in [0.4, 0.5) is 13.2 Å². The average Bonchev–Trinajstić information content (AvgIpc) is 3.27. The van der Waals surface area contributed by atoms with Crippen LogP contribution in [-0.4, -0.2) is 47.5 Å². The van der Waals surface area contributed by atoms with E-state index in [4.69, 9.17) is 4.98 Å². The molecule has 7 nitrogen and oxygen atoms in total. The fourth-order valence-electron chi connectivity index (χ4n) is 5.33. The second kappa shape index (κ2) is 11.7. The molecule has 1 saturated carbocycles. The number of benzene rings is 2. The van der Waals surface area contributed by atoms with E-state index in [1.54, 1.807) is 31.2 Å². The SMILES string of the molecule is CCn1c(CC2CCC(C(F)(F)F)CC2)nc2cc(C(=O)N[C@@H](CO)c3ccc(S(=O)(=O)CC)cc3)ccc21. The molecule has 0 bridgehead atoms. The third-order valence-electron chi connectivity index (χ3n) is 7.70. The number of hydrogen-bond donors (Lipinski definition) is 2. The van der Waals surface area contributed by atoms with E-state index < -0.39 is 33.9 Å². The molecule has 1 atom stereocenters. The number of nitrogens with one attached hydrogen (secondary N) is 1.